The smallest absolute Gasteiger partial charge is 0.328 e. The van der Waals surface area contributed by atoms with Crippen molar-refractivity contribution in [3.63, 3.8) is 0 Å². The maximum atomic E-state index is 12.4. The van der Waals surface area contributed by atoms with Gasteiger partial charge in [-0.3, -0.25) is 4.79 Å². The van der Waals surface area contributed by atoms with E-state index in [4.69, 9.17) is 4.74 Å². The van der Waals surface area contributed by atoms with Gasteiger partial charge in [-0.15, -0.1) is 0 Å². The number of benzene rings is 2. The molecule has 0 saturated heterocycles. The number of amides is 1. The molecule has 0 bridgehead atoms. The summed E-state index contributed by atoms with van der Waals surface area (Å²) in [6.45, 7) is 2.19. The van der Waals surface area contributed by atoms with E-state index in [1.165, 1.54) is 32.8 Å². The van der Waals surface area contributed by atoms with Crippen LogP contribution in [0.1, 0.15) is 57.4 Å². The summed E-state index contributed by atoms with van der Waals surface area (Å²) in [6, 6.07) is 13.5. The standard InChI is InChI=1S/C23H31NO3/c1-3-4-5-6-7-8-13-21(23(26)27-2)24-22(25)17-18-14-15-19-11-9-10-12-20(19)16-18/h9-12,14-16,21H,3-8,13,17H2,1-2H3,(H,24,25)/t21-/m0/s1. The summed E-state index contributed by atoms with van der Waals surface area (Å²) in [4.78, 5) is 24.4. The van der Waals surface area contributed by atoms with Gasteiger partial charge in [0.2, 0.25) is 5.91 Å². The van der Waals surface area contributed by atoms with Crippen molar-refractivity contribution >= 4 is 22.6 Å². The normalized spacial score (nSPS) is 11.9. The molecular weight excluding hydrogens is 338 g/mol. The largest absolute Gasteiger partial charge is 0.467 e. The fourth-order valence-corrected chi connectivity index (χ4v) is 3.30. The van der Waals surface area contributed by atoms with E-state index >= 15 is 0 Å². The monoisotopic (exact) mass is 369 g/mol. The number of hydrogen-bond donors (Lipinski definition) is 1. The first-order chi connectivity index (χ1) is 13.1. The number of unbranched alkanes of at least 4 members (excludes halogenated alkanes) is 5. The van der Waals surface area contributed by atoms with Crippen molar-refractivity contribution in [1.82, 2.24) is 5.32 Å². The Morgan fingerprint density at radius 2 is 1.67 bits per heavy atom. The average molecular weight is 370 g/mol. The molecule has 0 aliphatic carbocycles. The molecule has 0 radical (unpaired) electrons. The fraction of sp³-hybridized carbons (Fsp3) is 0.478. The number of hydrogen-bond acceptors (Lipinski definition) is 3. The topological polar surface area (TPSA) is 55.4 Å². The first-order valence-corrected chi connectivity index (χ1v) is 9.99. The van der Waals surface area contributed by atoms with Crippen LogP contribution in [0.4, 0.5) is 0 Å². The van der Waals surface area contributed by atoms with Crippen molar-refractivity contribution in [1.29, 1.82) is 0 Å². The zero-order chi connectivity index (χ0) is 19.5. The average Bonchev–Trinajstić information content (AvgIpc) is 2.69. The number of fused-ring (bicyclic) bond motifs is 1. The van der Waals surface area contributed by atoms with Crippen LogP contribution in [0.2, 0.25) is 0 Å². The van der Waals surface area contributed by atoms with Crippen LogP contribution in [0.15, 0.2) is 42.5 Å². The molecule has 0 aliphatic heterocycles. The minimum atomic E-state index is -0.561. The van der Waals surface area contributed by atoms with Gasteiger partial charge in [-0.25, -0.2) is 4.79 Å². The molecule has 0 fully saturated rings. The summed E-state index contributed by atoms with van der Waals surface area (Å²) in [5.74, 6) is -0.512. The highest BCUT2D eigenvalue weighted by molar-refractivity contribution is 5.87. The van der Waals surface area contributed by atoms with E-state index in [9.17, 15) is 9.59 Å². The molecule has 27 heavy (non-hydrogen) atoms. The van der Waals surface area contributed by atoms with Crippen LogP contribution in [0.25, 0.3) is 10.8 Å². The van der Waals surface area contributed by atoms with Crippen LogP contribution in [0.5, 0.6) is 0 Å². The lowest BCUT2D eigenvalue weighted by atomic mass is 10.0. The molecular formula is C23H31NO3. The quantitative estimate of drug-likeness (QED) is 0.458. The Morgan fingerprint density at radius 3 is 2.41 bits per heavy atom. The van der Waals surface area contributed by atoms with Gasteiger partial charge in [0.05, 0.1) is 13.5 Å². The van der Waals surface area contributed by atoms with Crippen molar-refractivity contribution < 1.29 is 14.3 Å². The third-order valence-corrected chi connectivity index (χ3v) is 4.85. The second kappa shape index (κ2) is 11.4. The van der Waals surface area contributed by atoms with E-state index in [0.29, 0.717) is 6.42 Å². The molecule has 2 aromatic rings. The number of ether oxygens (including phenoxy) is 1. The number of carbonyl (C=O) groups excluding carboxylic acids is 2. The minimum absolute atomic E-state index is 0.147. The summed E-state index contributed by atoms with van der Waals surface area (Å²) in [5, 5.41) is 5.11. The Balaban J connectivity index is 1.87. The maximum absolute atomic E-state index is 12.4. The predicted octanol–water partition coefficient (Wildman–Crippen LogP) is 4.79. The Labute approximate surface area is 162 Å². The van der Waals surface area contributed by atoms with Gasteiger partial charge in [0.25, 0.3) is 0 Å². The van der Waals surface area contributed by atoms with Gasteiger partial charge >= 0.3 is 5.97 Å². The Morgan fingerprint density at radius 1 is 0.963 bits per heavy atom. The summed E-state index contributed by atoms with van der Waals surface area (Å²) in [5.41, 5.74) is 0.939. The van der Waals surface area contributed by atoms with Crippen LogP contribution in [0, 0.1) is 0 Å². The van der Waals surface area contributed by atoms with E-state index in [1.807, 2.05) is 42.5 Å². The van der Waals surface area contributed by atoms with Gasteiger partial charge in [-0.2, -0.15) is 0 Å². The van der Waals surface area contributed by atoms with Crippen LogP contribution < -0.4 is 5.32 Å². The third-order valence-electron chi connectivity index (χ3n) is 4.85. The Bertz CT molecular complexity index is 741. The van der Waals surface area contributed by atoms with E-state index in [-0.39, 0.29) is 18.3 Å². The fourth-order valence-electron chi connectivity index (χ4n) is 3.30. The molecule has 0 aromatic heterocycles. The zero-order valence-electron chi connectivity index (χ0n) is 16.5. The molecule has 146 valence electrons. The summed E-state index contributed by atoms with van der Waals surface area (Å²) in [6.07, 6.45) is 7.75. The van der Waals surface area contributed by atoms with E-state index in [2.05, 4.69) is 12.2 Å². The highest BCUT2D eigenvalue weighted by Gasteiger charge is 2.21. The number of esters is 1. The van der Waals surface area contributed by atoms with Crippen molar-refractivity contribution in [2.24, 2.45) is 0 Å². The first kappa shape index (κ1) is 20.9. The van der Waals surface area contributed by atoms with Crippen molar-refractivity contribution in [2.45, 2.75) is 64.3 Å². The zero-order valence-corrected chi connectivity index (χ0v) is 16.5. The van der Waals surface area contributed by atoms with Crippen LogP contribution in [0.3, 0.4) is 0 Å². The summed E-state index contributed by atoms with van der Waals surface area (Å²) < 4.78 is 4.86. The number of nitrogens with one attached hydrogen (secondary N) is 1. The molecule has 4 heteroatoms. The highest BCUT2D eigenvalue weighted by atomic mass is 16.5. The number of rotatable bonds is 11. The van der Waals surface area contributed by atoms with E-state index in [0.717, 1.165) is 29.2 Å². The van der Waals surface area contributed by atoms with Crippen molar-refractivity contribution in [2.75, 3.05) is 7.11 Å². The Kier molecular flexibility index (Phi) is 8.82. The minimum Gasteiger partial charge on any atom is -0.467 e. The first-order valence-electron chi connectivity index (χ1n) is 9.99. The lowest BCUT2D eigenvalue weighted by Crippen LogP contribution is -2.42. The number of carbonyl (C=O) groups is 2. The molecule has 1 N–H and O–H groups in total. The second-order valence-electron chi connectivity index (χ2n) is 7.06. The van der Waals surface area contributed by atoms with Crippen LogP contribution >= 0.6 is 0 Å². The maximum Gasteiger partial charge on any atom is 0.328 e. The lowest BCUT2D eigenvalue weighted by molar-refractivity contribution is -0.145. The molecule has 0 heterocycles. The second-order valence-corrected chi connectivity index (χ2v) is 7.06. The van der Waals surface area contributed by atoms with Crippen molar-refractivity contribution in [3.8, 4) is 0 Å². The van der Waals surface area contributed by atoms with Crippen LogP contribution in [-0.4, -0.2) is 25.0 Å². The molecule has 2 rings (SSSR count). The molecule has 0 saturated carbocycles. The molecule has 1 amide bonds. The SMILES string of the molecule is CCCCCCCC[C@H](NC(=O)Cc1ccc2ccccc2c1)C(=O)OC. The van der Waals surface area contributed by atoms with Gasteiger partial charge in [0.1, 0.15) is 6.04 Å². The van der Waals surface area contributed by atoms with E-state index in [1.54, 1.807) is 0 Å². The molecule has 0 unspecified atom stereocenters. The van der Waals surface area contributed by atoms with Gasteiger partial charge < -0.3 is 10.1 Å². The number of methoxy groups -OCH3 is 1. The highest BCUT2D eigenvalue weighted by Crippen LogP contribution is 2.16. The molecule has 0 aliphatic rings. The lowest BCUT2D eigenvalue weighted by Gasteiger charge is -2.16. The van der Waals surface area contributed by atoms with E-state index < -0.39 is 6.04 Å². The van der Waals surface area contributed by atoms with Crippen LogP contribution in [-0.2, 0) is 20.7 Å². The molecule has 4 nitrogen and oxygen atoms in total. The molecule has 0 spiro atoms. The summed E-state index contributed by atoms with van der Waals surface area (Å²) in [7, 11) is 1.37. The summed E-state index contributed by atoms with van der Waals surface area (Å²) >= 11 is 0. The van der Waals surface area contributed by atoms with Gasteiger partial charge in [0.15, 0.2) is 0 Å². The van der Waals surface area contributed by atoms with Gasteiger partial charge in [-0.05, 0) is 22.8 Å². The molecule has 1 atom stereocenters. The third kappa shape index (κ3) is 7.05. The van der Waals surface area contributed by atoms with Gasteiger partial charge in [0, 0.05) is 0 Å². The molecule has 2 aromatic carbocycles. The Hall–Kier alpha value is -2.36. The van der Waals surface area contributed by atoms with Gasteiger partial charge in [-0.1, -0.05) is 87.9 Å². The predicted molar refractivity (Wildman–Crippen MR) is 110 cm³/mol. The van der Waals surface area contributed by atoms with Crippen molar-refractivity contribution in [3.05, 3.63) is 48.0 Å².